The van der Waals surface area contributed by atoms with Crippen molar-refractivity contribution in [3.8, 4) is 0 Å². The molecule has 170 valence electrons. The normalized spacial score (nSPS) is 20.1. The molecule has 0 radical (unpaired) electrons. The summed E-state index contributed by atoms with van der Waals surface area (Å²) in [5.41, 5.74) is -0.0838. The van der Waals surface area contributed by atoms with Gasteiger partial charge in [0.1, 0.15) is 36.5 Å². The number of carboxylic acids is 1. The Morgan fingerprint density at radius 1 is 1.44 bits per heavy atom. The first-order valence-electron chi connectivity index (χ1n) is 8.90. The van der Waals surface area contributed by atoms with Crippen molar-refractivity contribution in [3.05, 3.63) is 22.3 Å². The number of ether oxygens (including phenoxy) is 1. The van der Waals surface area contributed by atoms with E-state index >= 15 is 0 Å². The van der Waals surface area contributed by atoms with E-state index < -0.39 is 35.2 Å². The Bertz CT molecular complexity index is 1040. The fourth-order valence-electron chi connectivity index (χ4n) is 2.99. The summed E-state index contributed by atoms with van der Waals surface area (Å²) < 4.78 is 4.88. The van der Waals surface area contributed by atoms with Gasteiger partial charge in [0.25, 0.3) is 11.8 Å². The van der Waals surface area contributed by atoms with Crippen molar-refractivity contribution in [2.45, 2.75) is 18.3 Å². The number of amides is 3. The maximum Gasteiger partial charge on any atom is 0.352 e. The smallest absolute Gasteiger partial charge is 0.352 e. The average Bonchev–Trinajstić information content (AvgIpc) is 3.21. The van der Waals surface area contributed by atoms with Crippen molar-refractivity contribution in [2.24, 2.45) is 5.16 Å². The Kier molecular flexibility index (Phi) is 7.09. The minimum Gasteiger partial charge on any atom is -0.477 e. The lowest BCUT2D eigenvalue weighted by atomic mass is 10.0. The van der Waals surface area contributed by atoms with E-state index in [4.69, 9.17) is 9.57 Å². The van der Waals surface area contributed by atoms with Crippen LogP contribution in [-0.2, 0) is 33.5 Å². The molecular weight excluding hydrogens is 466 g/mol. The van der Waals surface area contributed by atoms with E-state index in [2.05, 4.69) is 20.8 Å². The molecule has 1 unspecified atom stereocenters. The number of aliphatic carboxylic acids is 1. The lowest BCUT2D eigenvalue weighted by molar-refractivity contribution is -0.150. The number of oxime groups is 1. The minimum absolute atomic E-state index is 0.119. The molecule has 2 aliphatic heterocycles. The van der Waals surface area contributed by atoms with E-state index in [0.29, 0.717) is 6.41 Å². The number of hydrogen-bond donors (Lipinski definition) is 3. The summed E-state index contributed by atoms with van der Waals surface area (Å²) in [6.07, 6.45) is 0.432. The van der Waals surface area contributed by atoms with Gasteiger partial charge >= 0.3 is 11.9 Å². The van der Waals surface area contributed by atoms with E-state index in [0.717, 1.165) is 16.2 Å². The number of nitrogens with one attached hydrogen (secondary N) is 2. The number of carbonyl (C=O) groups excluding carboxylic acids is 4. The highest BCUT2D eigenvalue weighted by Gasteiger charge is 2.54. The van der Waals surface area contributed by atoms with Gasteiger partial charge in [0.15, 0.2) is 10.8 Å². The topological polar surface area (TPSA) is 177 Å². The average molecular weight is 483 g/mol. The number of thioether (sulfide) groups is 1. The number of aromatic nitrogens is 1. The van der Waals surface area contributed by atoms with Gasteiger partial charge in [-0.05, 0) is 0 Å². The van der Waals surface area contributed by atoms with Crippen molar-refractivity contribution in [1.82, 2.24) is 15.2 Å². The largest absolute Gasteiger partial charge is 0.477 e. The quantitative estimate of drug-likeness (QED) is 0.135. The first-order valence-corrected chi connectivity index (χ1v) is 10.8. The lowest BCUT2D eigenvalue weighted by Gasteiger charge is -2.49. The molecule has 13 nitrogen and oxygen atoms in total. The molecule has 0 aromatic carbocycles. The van der Waals surface area contributed by atoms with Crippen LogP contribution >= 0.6 is 23.1 Å². The lowest BCUT2D eigenvalue weighted by Crippen LogP contribution is -2.71. The number of β-lactam (4-membered cyclic amide) rings is 1. The summed E-state index contributed by atoms with van der Waals surface area (Å²) in [6, 6.07) is -1.01. The molecule has 0 bridgehead atoms. The Morgan fingerprint density at radius 2 is 2.19 bits per heavy atom. The minimum atomic E-state index is -1.34. The van der Waals surface area contributed by atoms with Gasteiger partial charge in [-0.15, -0.1) is 23.1 Å². The van der Waals surface area contributed by atoms with Gasteiger partial charge in [-0.1, -0.05) is 5.16 Å². The van der Waals surface area contributed by atoms with Gasteiger partial charge in [-0.2, -0.15) is 0 Å². The van der Waals surface area contributed by atoms with Crippen LogP contribution in [0.25, 0.3) is 0 Å². The number of fused-ring (bicyclic) bond motifs is 1. The van der Waals surface area contributed by atoms with Gasteiger partial charge in [0, 0.05) is 23.6 Å². The number of hydrogen-bond acceptors (Lipinski definition) is 11. The number of rotatable bonds is 9. The molecule has 1 aromatic rings. The molecule has 0 saturated carbocycles. The summed E-state index contributed by atoms with van der Waals surface area (Å²) in [5.74, 6) is -3.11. The van der Waals surface area contributed by atoms with Crippen LogP contribution in [-0.4, -0.2) is 81.8 Å². The number of carboxylic acid groups (broad SMARTS) is 1. The second kappa shape index (κ2) is 9.78. The molecule has 1 fully saturated rings. The molecule has 1 saturated heterocycles. The predicted octanol–water partition coefficient (Wildman–Crippen LogP) is -0.636. The van der Waals surface area contributed by atoms with Gasteiger partial charge in [0.2, 0.25) is 6.41 Å². The predicted molar refractivity (Wildman–Crippen MR) is 112 cm³/mol. The van der Waals surface area contributed by atoms with Crippen molar-refractivity contribution < 1.29 is 38.7 Å². The van der Waals surface area contributed by atoms with Crippen LogP contribution in [0.3, 0.4) is 0 Å². The molecule has 0 aliphatic carbocycles. The van der Waals surface area contributed by atoms with Crippen LogP contribution in [0.1, 0.15) is 12.6 Å². The first kappa shape index (κ1) is 23.2. The maximum atomic E-state index is 12.8. The van der Waals surface area contributed by atoms with Crippen molar-refractivity contribution in [2.75, 3.05) is 24.8 Å². The third kappa shape index (κ3) is 4.57. The number of thiazole rings is 1. The molecular formula is C17H17N5O8S2. The number of anilines is 1. The van der Waals surface area contributed by atoms with Crippen molar-refractivity contribution >= 4 is 64.1 Å². The first-order chi connectivity index (χ1) is 15.3. The zero-order valence-corrected chi connectivity index (χ0v) is 18.3. The summed E-state index contributed by atoms with van der Waals surface area (Å²) in [6.45, 7) is 0.947. The van der Waals surface area contributed by atoms with E-state index in [-0.39, 0.29) is 40.2 Å². The Balaban J connectivity index is 1.76. The second-order valence-corrected chi connectivity index (χ2v) is 8.28. The fraction of sp³-hybridized carbons (Fsp3) is 0.353. The van der Waals surface area contributed by atoms with Crippen molar-refractivity contribution in [3.63, 3.8) is 0 Å². The molecule has 3 rings (SSSR count). The number of carbonyl (C=O) groups is 5. The van der Waals surface area contributed by atoms with Gasteiger partial charge in [0.05, 0.1) is 0 Å². The SMILES string of the molecule is CO/N=C(\C(=O)NC1C(=O)N2C(C(=O)O)=C(COC(C)=O)CS[C@H]12)c1csc(NC=O)n1. The summed E-state index contributed by atoms with van der Waals surface area (Å²) >= 11 is 2.28. The molecule has 2 aliphatic rings. The van der Waals surface area contributed by atoms with E-state index in [1.165, 1.54) is 31.2 Å². The highest BCUT2D eigenvalue weighted by Crippen LogP contribution is 2.40. The maximum absolute atomic E-state index is 12.8. The Hall–Kier alpha value is -3.46. The van der Waals surface area contributed by atoms with Gasteiger partial charge in [-0.3, -0.25) is 24.1 Å². The summed E-state index contributed by atoms with van der Waals surface area (Å²) in [7, 11) is 1.23. The molecule has 3 heterocycles. The van der Waals surface area contributed by atoms with Crippen LogP contribution in [0.5, 0.6) is 0 Å². The molecule has 0 spiro atoms. The van der Waals surface area contributed by atoms with Crippen LogP contribution in [0.15, 0.2) is 21.8 Å². The van der Waals surface area contributed by atoms with Crippen LogP contribution in [0.2, 0.25) is 0 Å². The van der Waals surface area contributed by atoms with E-state index in [1.54, 1.807) is 0 Å². The van der Waals surface area contributed by atoms with E-state index in [1.807, 2.05) is 0 Å². The highest BCUT2D eigenvalue weighted by atomic mass is 32.2. The number of esters is 1. The van der Waals surface area contributed by atoms with Crippen LogP contribution < -0.4 is 10.6 Å². The zero-order chi connectivity index (χ0) is 23.4. The van der Waals surface area contributed by atoms with Crippen LogP contribution in [0, 0.1) is 0 Å². The monoisotopic (exact) mass is 483 g/mol. The highest BCUT2D eigenvalue weighted by molar-refractivity contribution is 8.00. The van der Waals surface area contributed by atoms with E-state index in [9.17, 15) is 29.1 Å². The standard InChI is InChI=1S/C17H17N5O8S2/c1-7(24)30-3-8-4-31-15-11(14(26)22(15)12(8)16(27)28)20-13(25)10(21-29-2)9-5-32-17(19-9)18-6-23/h5-6,11,15H,3-4H2,1-2H3,(H,20,25)(H,27,28)(H,18,19,23)/b21-10-/t11?,15-/m1/s1. The number of nitrogens with zero attached hydrogens (tertiary/aromatic N) is 3. The summed E-state index contributed by atoms with van der Waals surface area (Å²) in [4.78, 5) is 68.6. The fourth-order valence-corrected chi connectivity index (χ4v) is 4.97. The molecule has 3 amide bonds. The Labute approximate surface area is 188 Å². The third-order valence-electron chi connectivity index (χ3n) is 4.31. The third-order valence-corrected chi connectivity index (χ3v) is 6.43. The van der Waals surface area contributed by atoms with Crippen molar-refractivity contribution in [1.29, 1.82) is 0 Å². The summed E-state index contributed by atoms with van der Waals surface area (Å²) in [5, 5.41) is 19.1. The zero-order valence-electron chi connectivity index (χ0n) is 16.7. The van der Waals surface area contributed by atoms with Gasteiger partial charge < -0.3 is 25.3 Å². The Morgan fingerprint density at radius 3 is 2.81 bits per heavy atom. The second-order valence-electron chi connectivity index (χ2n) is 6.32. The molecule has 32 heavy (non-hydrogen) atoms. The molecule has 3 N–H and O–H groups in total. The van der Waals surface area contributed by atoms with Crippen LogP contribution in [0.4, 0.5) is 5.13 Å². The molecule has 2 atom stereocenters. The van der Waals surface area contributed by atoms with Gasteiger partial charge in [-0.25, -0.2) is 9.78 Å². The molecule has 1 aromatic heterocycles. The molecule has 15 heteroatoms.